The SMILES string of the molecule is O=C(O)Cc1cc(CF)nc(OC(F)(F)F)c1I. The molecule has 0 aliphatic rings. The van der Waals surface area contributed by atoms with E-state index in [1.807, 2.05) is 0 Å². The van der Waals surface area contributed by atoms with E-state index in [-0.39, 0.29) is 14.8 Å². The summed E-state index contributed by atoms with van der Waals surface area (Å²) in [6.45, 7) is -1.11. The van der Waals surface area contributed by atoms with Crippen LogP contribution in [0.4, 0.5) is 17.6 Å². The van der Waals surface area contributed by atoms with Gasteiger partial charge >= 0.3 is 12.3 Å². The topological polar surface area (TPSA) is 59.4 Å². The van der Waals surface area contributed by atoms with Crippen molar-refractivity contribution in [2.45, 2.75) is 19.5 Å². The minimum atomic E-state index is -4.97. The molecule has 9 heteroatoms. The maximum Gasteiger partial charge on any atom is 0.574 e. The average molecular weight is 379 g/mol. The molecular weight excluding hydrogens is 373 g/mol. The van der Waals surface area contributed by atoms with Gasteiger partial charge in [0.05, 0.1) is 15.7 Å². The van der Waals surface area contributed by atoms with Gasteiger partial charge in [-0.3, -0.25) is 4.79 Å². The van der Waals surface area contributed by atoms with Gasteiger partial charge in [-0.15, -0.1) is 13.2 Å². The Bertz CT molecular complexity index is 464. The van der Waals surface area contributed by atoms with Crippen molar-refractivity contribution in [1.29, 1.82) is 0 Å². The molecule has 0 saturated carbocycles. The molecule has 1 aromatic heterocycles. The number of carboxylic acid groups (broad SMARTS) is 1. The number of rotatable bonds is 4. The van der Waals surface area contributed by atoms with Crippen LogP contribution in [0.2, 0.25) is 0 Å². The summed E-state index contributed by atoms with van der Waals surface area (Å²) in [6, 6.07) is 1.10. The normalized spacial score (nSPS) is 11.4. The lowest BCUT2D eigenvalue weighted by Crippen LogP contribution is -2.20. The molecule has 0 aromatic carbocycles. The van der Waals surface area contributed by atoms with Crippen molar-refractivity contribution in [3.8, 4) is 5.88 Å². The zero-order valence-electron chi connectivity index (χ0n) is 8.59. The number of aromatic nitrogens is 1. The van der Waals surface area contributed by atoms with Gasteiger partial charge in [-0.25, -0.2) is 9.37 Å². The number of carboxylic acids is 1. The quantitative estimate of drug-likeness (QED) is 0.646. The molecule has 0 spiro atoms. The molecular formula is C9H6F4INO3. The molecule has 0 radical (unpaired) electrons. The smallest absolute Gasteiger partial charge is 0.481 e. The number of pyridine rings is 1. The van der Waals surface area contributed by atoms with E-state index < -0.39 is 31.3 Å². The van der Waals surface area contributed by atoms with Gasteiger partial charge < -0.3 is 9.84 Å². The number of hydrogen-bond acceptors (Lipinski definition) is 3. The van der Waals surface area contributed by atoms with Gasteiger partial charge in [-0.2, -0.15) is 0 Å². The van der Waals surface area contributed by atoms with Crippen molar-refractivity contribution in [1.82, 2.24) is 4.98 Å². The first-order valence-corrected chi connectivity index (χ1v) is 5.52. The highest BCUT2D eigenvalue weighted by Crippen LogP contribution is 2.29. The van der Waals surface area contributed by atoms with Gasteiger partial charge in [0.1, 0.15) is 6.67 Å². The Morgan fingerprint density at radius 2 is 2.11 bits per heavy atom. The maximum absolute atomic E-state index is 12.4. The highest BCUT2D eigenvalue weighted by molar-refractivity contribution is 14.1. The number of nitrogens with zero attached hydrogens (tertiary/aromatic N) is 1. The fourth-order valence-corrected chi connectivity index (χ4v) is 1.73. The molecule has 1 rings (SSSR count). The van der Waals surface area contributed by atoms with E-state index in [9.17, 15) is 22.4 Å². The molecule has 0 fully saturated rings. The second-order valence-electron chi connectivity index (χ2n) is 3.14. The van der Waals surface area contributed by atoms with Crippen LogP contribution in [-0.4, -0.2) is 22.4 Å². The van der Waals surface area contributed by atoms with Gasteiger partial charge in [-0.1, -0.05) is 0 Å². The van der Waals surface area contributed by atoms with Gasteiger partial charge in [0, 0.05) is 0 Å². The van der Waals surface area contributed by atoms with Gasteiger partial charge in [0.15, 0.2) is 0 Å². The van der Waals surface area contributed by atoms with E-state index in [0.29, 0.717) is 0 Å². The molecule has 0 atom stereocenters. The van der Waals surface area contributed by atoms with Crippen molar-refractivity contribution < 1.29 is 32.2 Å². The van der Waals surface area contributed by atoms with E-state index in [1.165, 1.54) is 22.6 Å². The Labute approximate surface area is 112 Å². The number of hydrogen-bond donors (Lipinski definition) is 1. The number of alkyl halides is 4. The minimum Gasteiger partial charge on any atom is -0.481 e. The van der Waals surface area contributed by atoms with Crippen molar-refractivity contribution in [3.63, 3.8) is 0 Å². The van der Waals surface area contributed by atoms with E-state index in [2.05, 4.69) is 9.72 Å². The summed E-state index contributed by atoms with van der Waals surface area (Å²) >= 11 is 1.47. The van der Waals surface area contributed by atoms with E-state index in [1.54, 1.807) is 0 Å². The third-order valence-electron chi connectivity index (χ3n) is 1.75. The lowest BCUT2D eigenvalue weighted by molar-refractivity contribution is -0.276. The van der Waals surface area contributed by atoms with Crippen LogP contribution < -0.4 is 4.74 Å². The summed E-state index contributed by atoms with van der Waals surface area (Å²) in [4.78, 5) is 13.9. The van der Waals surface area contributed by atoms with Crippen molar-refractivity contribution in [2.24, 2.45) is 0 Å². The second-order valence-corrected chi connectivity index (χ2v) is 4.22. The fraction of sp³-hybridized carbons (Fsp3) is 0.333. The Hall–Kier alpha value is -1.13. The molecule has 4 nitrogen and oxygen atoms in total. The number of ether oxygens (including phenoxy) is 1. The summed E-state index contributed by atoms with van der Waals surface area (Å²) < 4.78 is 52.2. The predicted molar refractivity (Wildman–Crippen MR) is 59.8 cm³/mol. The van der Waals surface area contributed by atoms with Gasteiger partial charge in [0.2, 0.25) is 5.88 Å². The molecule has 1 aromatic rings. The number of halogens is 5. The van der Waals surface area contributed by atoms with Crippen LogP contribution in [0.3, 0.4) is 0 Å². The Kier molecular flexibility index (Phi) is 4.71. The van der Waals surface area contributed by atoms with Crippen LogP contribution in [0.15, 0.2) is 6.07 Å². The monoisotopic (exact) mass is 379 g/mol. The first-order valence-electron chi connectivity index (χ1n) is 4.44. The first kappa shape index (κ1) is 14.9. The van der Waals surface area contributed by atoms with Crippen LogP contribution in [0.25, 0.3) is 0 Å². The van der Waals surface area contributed by atoms with Crippen LogP contribution in [0, 0.1) is 3.57 Å². The first-order chi connectivity index (χ1) is 8.23. The molecule has 0 unspecified atom stereocenters. The molecule has 0 bridgehead atoms. The molecule has 0 aliphatic carbocycles. The van der Waals surface area contributed by atoms with Crippen molar-refractivity contribution in [3.05, 3.63) is 20.9 Å². The molecule has 0 saturated heterocycles. The summed E-state index contributed by atoms with van der Waals surface area (Å²) in [6.07, 6.45) is -5.51. The lowest BCUT2D eigenvalue weighted by Gasteiger charge is -2.12. The lowest BCUT2D eigenvalue weighted by atomic mass is 10.1. The minimum absolute atomic E-state index is 0.0185. The standard InChI is InChI=1S/C9H6F4INO3/c10-3-5-1-4(2-6(16)17)7(14)8(15-5)18-9(11,12)13/h1H,2-3H2,(H,16,17). The van der Waals surface area contributed by atoms with E-state index >= 15 is 0 Å². The number of carbonyl (C=O) groups is 1. The molecule has 0 aliphatic heterocycles. The number of aliphatic carboxylic acids is 1. The van der Waals surface area contributed by atoms with Crippen LogP contribution in [0.1, 0.15) is 11.3 Å². The van der Waals surface area contributed by atoms with Gasteiger partial charge in [-0.05, 0) is 34.2 Å². The predicted octanol–water partition coefficient (Wildman–Crippen LogP) is 2.68. The molecule has 100 valence electrons. The Balaban J connectivity index is 3.20. The summed E-state index contributed by atoms with van der Waals surface area (Å²) in [5.74, 6) is -2.09. The molecule has 0 amide bonds. The average Bonchev–Trinajstić information content (AvgIpc) is 2.21. The van der Waals surface area contributed by atoms with Crippen molar-refractivity contribution in [2.75, 3.05) is 0 Å². The zero-order valence-corrected chi connectivity index (χ0v) is 10.7. The van der Waals surface area contributed by atoms with Gasteiger partial charge in [0.25, 0.3) is 0 Å². The largest absolute Gasteiger partial charge is 0.574 e. The van der Waals surface area contributed by atoms with Crippen LogP contribution in [0.5, 0.6) is 5.88 Å². The fourth-order valence-electron chi connectivity index (χ4n) is 1.15. The zero-order chi connectivity index (χ0) is 13.9. The second kappa shape index (κ2) is 5.67. The summed E-state index contributed by atoms with van der Waals surface area (Å²) in [5, 5.41) is 8.60. The molecule has 1 N–H and O–H groups in total. The van der Waals surface area contributed by atoms with E-state index in [0.717, 1.165) is 6.07 Å². The van der Waals surface area contributed by atoms with Crippen molar-refractivity contribution >= 4 is 28.6 Å². The maximum atomic E-state index is 12.4. The summed E-state index contributed by atoms with van der Waals surface area (Å²) in [5.41, 5.74) is -0.295. The molecule has 18 heavy (non-hydrogen) atoms. The third kappa shape index (κ3) is 4.27. The Morgan fingerprint density at radius 3 is 2.56 bits per heavy atom. The van der Waals surface area contributed by atoms with Crippen LogP contribution >= 0.6 is 22.6 Å². The molecule has 1 heterocycles. The van der Waals surface area contributed by atoms with E-state index in [4.69, 9.17) is 5.11 Å². The Morgan fingerprint density at radius 1 is 1.50 bits per heavy atom. The third-order valence-corrected chi connectivity index (χ3v) is 2.90. The summed E-state index contributed by atoms with van der Waals surface area (Å²) in [7, 11) is 0. The highest BCUT2D eigenvalue weighted by atomic mass is 127. The highest BCUT2D eigenvalue weighted by Gasteiger charge is 2.33. The van der Waals surface area contributed by atoms with Crippen LogP contribution in [-0.2, 0) is 17.9 Å².